The predicted molar refractivity (Wildman–Crippen MR) is 58.0 cm³/mol. The summed E-state index contributed by atoms with van der Waals surface area (Å²) in [6.07, 6.45) is 0. The highest BCUT2D eigenvalue weighted by Gasteiger charge is 2.09. The molecule has 0 aliphatic rings. The van der Waals surface area contributed by atoms with E-state index in [1.54, 1.807) is 18.4 Å². The maximum absolute atomic E-state index is 9.03. The highest BCUT2D eigenvalue weighted by Crippen LogP contribution is 2.21. The molecule has 0 aromatic carbocycles. The Hall–Kier alpha value is -0.650. The average Bonchev–Trinajstić information content (AvgIpc) is 2.45. The summed E-state index contributed by atoms with van der Waals surface area (Å²) in [5, 5.41) is 13.0. The molecule has 80 valence electrons. The van der Waals surface area contributed by atoms with Crippen LogP contribution in [0.4, 0.5) is 5.13 Å². The monoisotopic (exact) mass is 216 g/mol. The predicted octanol–water partition coefficient (Wildman–Crippen LogP) is 1.18. The number of anilines is 1. The fourth-order valence-electron chi connectivity index (χ4n) is 1.05. The van der Waals surface area contributed by atoms with Crippen molar-refractivity contribution in [3.05, 3.63) is 10.6 Å². The Kier molecular flexibility index (Phi) is 4.31. The smallest absolute Gasteiger partial charge is 0.183 e. The molecule has 0 spiro atoms. The van der Waals surface area contributed by atoms with Gasteiger partial charge in [0.2, 0.25) is 0 Å². The van der Waals surface area contributed by atoms with E-state index in [1.165, 1.54) is 4.88 Å². The second-order valence-electron chi connectivity index (χ2n) is 3.14. The third-order valence-electron chi connectivity index (χ3n) is 1.94. The number of hydrogen-bond donors (Lipinski definition) is 2. The van der Waals surface area contributed by atoms with Crippen molar-refractivity contribution in [3.63, 3.8) is 0 Å². The van der Waals surface area contributed by atoms with Crippen molar-refractivity contribution in [2.45, 2.75) is 19.9 Å². The van der Waals surface area contributed by atoms with Crippen molar-refractivity contribution in [1.29, 1.82) is 0 Å². The van der Waals surface area contributed by atoms with Crippen molar-refractivity contribution < 1.29 is 9.84 Å². The van der Waals surface area contributed by atoms with Crippen LogP contribution >= 0.6 is 11.3 Å². The zero-order valence-corrected chi connectivity index (χ0v) is 9.52. The summed E-state index contributed by atoms with van der Waals surface area (Å²) in [5.74, 6) is 0. The summed E-state index contributed by atoms with van der Waals surface area (Å²) >= 11 is 1.60. The van der Waals surface area contributed by atoms with Gasteiger partial charge in [-0.1, -0.05) is 0 Å². The third kappa shape index (κ3) is 2.94. The lowest BCUT2D eigenvalue weighted by Crippen LogP contribution is -2.28. The molecular formula is C9H16N2O2S. The van der Waals surface area contributed by atoms with Gasteiger partial charge in [-0.15, -0.1) is 11.3 Å². The van der Waals surface area contributed by atoms with Crippen LogP contribution < -0.4 is 5.32 Å². The van der Waals surface area contributed by atoms with Crippen molar-refractivity contribution in [2.24, 2.45) is 0 Å². The molecule has 2 N–H and O–H groups in total. The number of aromatic nitrogens is 1. The highest BCUT2D eigenvalue weighted by molar-refractivity contribution is 7.15. The Labute approximate surface area is 87.9 Å². The molecule has 14 heavy (non-hydrogen) atoms. The van der Waals surface area contributed by atoms with E-state index in [4.69, 9.17) is 9.84 Å². The van der Waals surface area contributed by atoms with Gasteiger partial charge in [0.05, 0.1) is 24.9 Å². The molecule has 4 nitrogen and oxygen atoms in total. The van der Waals surface area contributed by atoms with Crippen LogP contribution in [0.1, 0.15) is 10.6 Å². The molecule has 0 fully saturated rings. The van der Waals surface area contributed by atoms with Gasteiger partial charge in [0, 0.05) is 12.0 Å². The number of nitrogens with one attached hydrogen (secondary N) is 1. The number of aryl methyl sites for hydroxylation is 2. The quantitative estimate of drug-likeness (QED) is 0.776. The molecule has 1 aromatic rings. The summed E-state index contributed by atoms with van der Waals surface area (Å²) in [7, 11) is 1.61. The minimum absolute atomic E-state index is 0.0471. The molecule has 0 aliphatic carbocycles. The normalized spacial score (nSPS) is 12.9. The Morgan fingerprint density at radius 3 is 2.71 bits per heavy atom. The zero-order chi connectivity index (χ0) is 10.6. The lowest BCUT2D eigenvalue weighted by atomic mass is 10.3. The Balaban J connectivity index is 2.57. The minimum Gasteiger partial charge on any atom is -0.394 e. The molecule has 0 amide bonds. The molecule has 1 rings (SSSR count). The summed E-state index contributed by atoms with van der Waals surface area (Å²) < 4.78 is 4.96. The highest BCUT2D eigenvalue weighted by atomic mass is 32.1. The first-order valence-corrected chi connectivity index (χ1v) is 5.29. The molecule has 0 saturated carbocycles. The van der Waals surface area contributed by atoms with Crippen LogP contribution in [0.15, 0.2) is 0 Å². The van der Waals surface area contributed by atoms with Crippen molar-refractivity contribution in [2.75, 3.05) is 25.6 Å². The van der Waals surface area contributed by atoms with Crippen LogP contribution in [0.5, 0.6) is 0 Å². The van der Waals surface area contributed by atoms with Crippen LogP contribution in [0.2, 0.25) is 0 Å². The number of rotatable bonds is 5. The van der Waals surface area contributed by atoms with E-state index in [1.807, 2.05) is 13.8 Å². The number of nitrogens with zero attached hydrogens (tertiary/aromatic N) is 1. The van der Waals surface area contributed by atoms with E-state index in [2.05, 4.69) is 10.3 Å². The van der Waals surface area contributed by atoms with Crippen LogP contribution in [0.25, 0.3) is 0 Å². The fraction of sp³-hybridized carbons (Fsp3) is 0.667. The molecule has 5 heteroatoms. The van der Waals surface area contributed by atoms with E-state index in [-0.39, 0.29) is 12.6 Å². The first-order valence-electron chi connectivity index (χ1n) is 4.47. The van der Waals surface area contributed by atoms with Gasteiger partial charge in [0.1, 0.15) is 0 Å². The van der Waals surface area contributed by atoms with Gasteiger partial charge < -0.3 is 15.2 Å². The van der Waals surface area contributed by atoms with Gasteiger partial charge >= 0.3 is 0 Å². The summed E-state index contributed by atoms with van der Waals surface area (Å²) in [4.78, 5) is 5.52. The Bertz CT molecular complexity index is 269. The van der Waals surface area contributed by atoms with Gasteiger partial charge in [-0.05, 0) is 13.8 Å². The Morgan fingerprint density at radius 1 is 1.57 bits per heavy atom. The molecule has 0 bridgehead atoms. The van der Waals surface area contributed by atoms with Crippen molar-refractivity contribution in [1.82, 2.24) is 4.98 Å². The SMILES string of the molecule is COCC(CO)Nc1nc(C)c(C)s1. The number of ether oxygens (including phenoxy) is 1. The summed E-state index contributed by atoms with van der Waals surface area (Å²) in [5.41, 5.74) is 1.03. The molecule has 0 aliphatic heterocycles. The topological polar surface area (TPSA) is 54.4 Å². The van der Waals surface area contributed by atoms with Gasteiger partial charge in [0.25, 0.3) is 0 Å². The molecule has 0 radical (unpaired) electrons. The zero-order valence-electron chi connectivity index (χ0n) is 8.70. The number of methoxy groups -OCH3 is 1. The van der Waals surface area contributed by atoms with Gasteiger partial charge in [-0.2, -0.15) is 0 Å². The number of aliphatic hydroxyl groups excluding tert-OH is 1. The maximum atomic E-state index is 9.03. The molecule has 1 aromatic heterocycles. The van der Waals surface area contributed by atoms with Crippen molar-refractivity contribution in [3.8, 4) is 0 Å². The average molecular weight is 216 g/mol. The van der Waals surface area contributed by atoms with E-state index >= 15 is 0 Å². The lowest BCUT2D eigenvalue weighted by molar-refractivity contribution is 0.153. The minimum atomic E-state index is -0.0788. The second-order valence-corrected chi connectivity index (χ2v) is 4.34. The number of thiazole rings is 1. The fourth-order valence-corrected chi connectivity index (χ4v) is 1.94. The first-order chi connectivity index (χ1) is 6.67. The maximum Gasteiger partial charge on any atom is 0.183 e. The number of hydrogen-bond acceptors (Lipinski definition) is 5. The largest absolute Gasteiger partial charge is 0.394 e. The number of aliphatic hydroxyl groups is 1. The van der Waals surface area contributed by atoms with Crippen molar-refractivity contribution >= 4 is 16.5 Å². The summed E-state index contributed by atoms with van der Waals surface area (Å²) in [6.45, 7) is 4.53. The molecule has 1 unspecified atom stereocenters. The van der Waals surface area contributed by atoms with Crippen LogP contribution in [-0.2, 0) is 4.74 Å². The third-order valence-corrected chi connectivity index (χ3v) is 2.95. The van der Waals surface area contributed by atoms with E-state index < -0.39 is 0 Å². The van der Waals surface area contributed by atoms with E-state index in [9.17, 15) is 0 Å². The second kappa shape index (κ2) is 5.29. The summed E-state index contributed by atoms with van der Waals surface area (Å²) in [6, 6.07) is -0.0788. The molecule has 1 atom stereocenters. The van der Waals surface area contributed by atoms with Crippen LogP contribution in [-0.4, -0.2) is 36.5 Å². The van der Waals surface area contributed by atoms with Gasteiger partial charge in [0.15, 0.2) is 5.13 Å². The van der Waals surface area contributed by atoms with Crippen LogP contribution in [0.3, 0.4) is 0 Å². The molecule has 1 heterocycles. The molecule has 0 saturated heterocycles. The lowest BCUT2D eigenvalue weighted by Gasteiger charge is -2.13. The Morgan fingerprint density at radius 2 is 2.29 bits per heavy atom. The molecular weight excluding hydrogens is 200 g/mol. The standard InChI is InChI=1S/C9H16N2O2S/c1-6-7(2)14-9(10-6)11-8(4-12)5-13-3/h8,12H,4-5H2,1-3H3,(H,10,11). The van der Waals surface area contributed by atoms with Crippen LogP contribution in [0, 0.1) is 13.8 Å². The first kappa shape index (κ1) is 11.4. The van der Waals surface area contributed by atoms with E-state index in [0.29, 0.717) is 6.61 Å². The van der Waals surface area contributed by atoms with Gasteiger partial charge in [-0.3, -0.25) is 0 Å². The van der Waals surface area contributed by atoms with E-state index in [0.717, 1.165) is 10.8 Å². The van der Waals surface area contributed by atoms with Gasteiger partial charge in [-0.25, -0.2) is 4.98 Å².